The van der Waals surface area contributed by atoms with Gasteiger partial charge in [-0.15, -0.1) is 0 Å². The Balaban J connectivity index is 1.83. The molecule has 2 fully saturated rings. The summed E-state index contributed by atoms with van der Waals surface area (Å²) < 4.78 is 0. The Hall–Kier alpha value is -0.610. The van der Waals surface area contributed by atoms with Crippen LogP contribution in [0.2, 0.25) is 0 Å². The van der Waals surface area contributed by atoms with E-state index in [0.717, 1.165) is 51.6 Å². The fourth-order valence-electron chi connectivity index (χ4n) is 3.31. The molecule has 0 aromatic carbocycles. The highest BCUT2D eigenvalue weighted by molar-refractivity contribution is 5.79. The molecule has 0 bridgehead atoms. The van der Waals surface area contributed by atoms with Gasteiger partial charge < -0.3 is 15.7 Å². The molecular weight excluding hydrogens is 228 g/mol. The third-order valence-electron chi connectivity index (χ3n) is 4.60. The molecule has 3 unspecified atom stereocenters. The predicted molar refractivity (Wildman–Crippen MR) is 70.9 cm³/mol. The van der Waals surface area contributed by atoms with Gasteiger partial charge in [0.25, 0.3) is 0 Å². The molecule has 0 spiro atoms. The van der Waals surface area contributed by atoms with Crippen LogP contribution in [0.5, 0.6) is 0 Å². The first-order chi connectivity index (χ1) is 8.58. The van der Waals surface area contributed by atoms with E-state index in [1.165, 1.54) is 0 Å². The normalized spacial score (nSPS) is 32.3. The molecule has 2 aliphatic rings. The van der Waals surface area contributed by atoms with Crippen LogP contribution in [0.25, 0.3) is 0 Å². The minimum absolute atomic E-state index is 0.150. The molecule has 0 radical (unpaired) electrons. The summed E-state index contributed by atoms with van der Waals surface area (Å²) in [6.45, 7) is 3.46. The van der Waals surface area contributed by atoms with E-state index in [1.807, 2.05) is 11.8 Å². The third-order valence-corrected chi connectivity index (χ3v) is 4.60. The number of piperidine rings is 1. The minimum Gasteiger partial charge on any atom is -0.393 e. The second-order valence-corrected chi connectivity index (χ2v) is 6.03. The summed E-state index contributed by atoms with van der Waals surface area (Å²) in [6.07, 6.45) is 5.63. The number of likely N-dealkylation sites (tertiary alicyclic amines) is 1. The Kier molecular flexibility index (Phi) is 4.62. The predicted octanol–water partition coefficient (Wildman–Crippen LogP) is 1.12. The van der Waals surface area contributed by atoms with Crippen LogP contribution in [0.4, 0.5) is 0 Å². The fourth-order valence-corrected chi connectivity index (χ4v) is 3.31. The molecule has 1 saturated carbocycles. The average molecular weight is 254 g/mol. The highest BCUT2D eigenvalue weighted by Gasteiger charge is 2.31. The van der Waals surface area contributed by atoms with Crippen molar-refractivity contribution in [2.45, 2.75) is 57.6 Å². The van der Waals surface area contributed by atoms with Crippen molar-refractivity contribution in [1.29, 1.82) is 0 Å². The zero-order chi connectivity index (χ0) is 13.1. The molecule has 1 amide bonds. The van der Waals surface area contributed by atoms with Gasteiger partial charge in [-0.05, 0) is 44.9 Å². The smallest absolute Gasteiger partial charge is 0.225 e. The van der Waals surface area contributed by atoms with Crippen molar-refractivity contribution in [2.75, 3.05) is 13.1 Å². The lowest BCUT2D eigenvalue weighted by atomic mass is 9.84. The van der Waals surface area contributed by atoms with Gasteiger partial charge in [-0.2, -0.15) is 0 Å². The molecule has 1 heterocycles. The number of aliphatic hydroxyl groups excluding tert-OH is 1. The molecule has 2 rings (SSSR count). The SMILES string of the molecule is CC(O)C1CCN(C(=O)C2CCCC(N)C2)CC1. The topological polar surface area (TPSA) is 66.6 Å². The van der Waals surface area contributed by atoms with Crippen molar-refractivity contribution in [3.63, 3.8) is 0 Å². The van der Waals surface area contributed by atoms with E-state index in [1.54, 1.807) is 0 Å². The monoisotopic (exact) mass is 254 g/mol. The molecule has 18 heavy (non-hydrogen) atoms. The molecule has 0 aromatic rings. The summed E-state index contributed by atoms with van der Waals surface area (Å²) in [5.74, 6) is 0.814. The molecule has 0 aromatic heterocycles. The van der Waals surface area contributed by atoms with Crippen LogP contribution in [0, 0.1) is 11.8 Å². The van der Waals surface area contributed by atoms with Crippen molar-refractivity contribution in [3.05, 3.63) is 0 Å². The Labute approximate surface area is 110 Å². The van der Waals surface area contributed by atoms with Crippen LogP contribution in [0.1, 0.15) is 45.4 Å². The Morgan fingerprint density at radius 2 is 1.94 bits per heavy atom. The number of rotatable bonds is 2. The van der Waals surface area contributed by atoms with E-state index >= 15 is 0 Å². The minimum atomic E-state index is -0.245. The Bertz CT molecular complexity index is 286. The molecule has 1 aliphatic heterocycles. The van der Waals surface area contributed by atoms with Gasteiger partial charge in [-0.1, -0.05) is 6.42 Å². The number of aliphatic hydroxyl groups is 1. The number of hydrogen-bond donors (Lipinski definition) is 2. The summed E-state index contributed by atoms with van der Waals surface area (Å²) in [7, 11) is 0. The maximum atomic E-state index is 12.4. The standard InChI is InChI=1S/C14H26N2O2/c1-10(17)11-5-7-16(8-6-11)14(18)12-3-2-4-13(15)9-12/h10-13,17H,2-9,15H2,1H3. The first-order valence-corrected chi connectivity index (χ1v) is 7.30. The van der Waals surface area contributed by atoms with Gasteiger partial charge in [0.05, 0.1) is 6.10 Å². The van der Waals surface area contributed by atoms with Crippen LogP contribution >= 0.6 is 0 Å². The van der Waals surface area contributed by atoms with Gasteiger partial charge in [0, 0.05) is 25.0 Å². The van der Waals surface area contributed by atoms with Crippen molar-refractivity contribution in [2.24, 2.45) is 17.6 Å². The van der Waals surface area contributed by atoms with Crippen LogP contribution < -0.4 is 5.73 Å². The lowest BCUT2D eigenvalue weighted by molar-refractivity contribution is -0.138. The van der Waals surface area contributed by atoms with Gasteiger partial charge in [0.15, 0.2) is 0 Å². The van der Waals surface area contributed by atoms with Crippen molar-refractivity contribution >= 4 is 5.91 Å². The van der Waals surface area contributed by atoms with Gasteiger partial charge in [-0.25, -0.2) is 0 Å². The van der Waals surface area contributed by atoms with Gasteiger partial charge in [0.1, 0.15) is 0 Å². The molecule has 1 aliphatic carbocycles. The van der Waals surface area contributed by atoms with E-state index in [0.29, 0.717) is 11.8 Å². The summed E-state index contributed by atoms with van der Waals surface area (Å²) in [5.41, 5.74) is 5.95. The van der Waals surface area contributed by atoms with E-state index in [2.05, 4.69) is 0 Å². The average Bonchev–Trinajstić information content (AvgIpc) is 2.38. The first-order valence-electron chi connectivity index (χ1n) is 7.30. The lowest BCUT2D eigenvalue weighted by Crippen LogP contribution is -2.45. The molecular formula is C14H26N2O2. The summed E-state index contributed by atoms with van der Waals surface area (Å²) in [6, 6.07) is 0.211. The van der Waals surface area contributed by atoms with Crippen LogP contribution in [0.3, 0.4) is 0 Å². The molecule has 1 saturated heterocycles. The number of carbonyl (C=O) groups excluding carboxylic acids is 1. The summed E-state index contributed by atoms with van der Waals surface area (Å²) >= 11 is 0. The number of nitrogens with two attached hydrogens (primary N) is 1. The number of nitrogens with zero attached hydrogens (tertiary/aromatic N) is 1. The van der Waals surface area contributed by atoms with Crippen LogP contribution in [-0.4, -0.2) is 41.1 Å². The van der Waals surface area contributed by atoms with Crippen molar-refractivity contribution in [1.82, 2.24) is 4.90 Å². The van der Waals surface area contributed by atoms with E-state index in [9.17, 15) is 9.90 Å². The second kappa shape index (κ2) is 6.02. The van der Waals surface area contributed by atoms with E-state index < -0.39 is 0 Å². The van der Waals surface area contributed by atoms with E-state index in [-0.39, 0.29) is 18.1 Å². The maximum Gasteiger partial charge on any atom is 0.225 e. The van der Waals surface area contributed by atoms with Gasteiger partial charge in [0.2, 0.25) is 5.91 Å². The number of amides is 1. The second-order valence-electron chi connectivity index (χ2n) is 6.03. The largest absolute Gasteiger partial charge is 0.393 e. The quantitative estimate of drug-likeness (QED) is 0.776. The third kappa shape index (κ3) is 3.23. The maximum absolute atomic E-state index is 12.4. The molecule has 3 N–H and O–H groups in total. The fraction of sp³-hybridized carbons (Fsp3) is 0.929. The number of hydrogen-bond acceptors (Lipinski definition) is 3. The van der Waals surface area contributed by atoms with Crippen molar-refractivity contribution < 1.29 is 9.90 Å². The summed E-state index contributed by atoms with van der Waals surface area (Å²) in [4.78, 5) is 14.4. The van der Waals surface area contributed by atoms with Crippen LogP contribution in [-0.2, 0) is 4.79 Å². The molecule has 4 heteroatoms. The molecule has 4 nitrogen and oxygen atoms in total. The number of carbonyl (C=O) groups is 1. The van der Waals surface area contributed by atoms with Crippen LogP contribution in [0.15, 0.2) is 0 Å². The highest BCUT2D eigenvalue weighted by atomic mass is 16.3. The summed E-state index contributed by atoms with van der Waals surface area (Å²) in [5, 5.41) is 9.57. The zero-order valence-electron chi connectivity index (χ0n) is 11.3. The Morgan fingerprint density at radius 3 is 2.50 bits per heavy atom. The highest BCUT2D eigenvalue weighted by Crippen LogP contribution is 2.27. The molecule has 3 atom stereocenters. The Morgan fingerprint density at radius 1 is 1.28 bits per heavy atom. The van der Waals surface area contributed by atoms with Gasteiger partial charge >= 0.3 is 0 Å². The first kappa shape index (κ1) is 13.8. The molecule has 104 valence electrons. The lowest BCUT2D eigenvalue weighted by Gasteiger charge is -2.36. The zero-order valence-corrected chi connectivity index (χ0v) is 11.3. The van der Waals surface area contributed by atoms with E-state index in [4.69, 9.17) is 5.73 Å². The van der Waals surface area contributed by atoms with Gasteiger partial charge in [-0.3, -0.25) is 4.79 Å². The van der Waals surface area contributed by atoms with Crippen molar-refractivity contribution in [3.8, 4) is 0 Å².